The summed E-state index contributed by atoms with van der Waals surface area (Å²) in [5.74, 6) is 0.00737. The zero-order valence-corrected chi connectivity index (χ0v) is 14.7. The molecule has 0 saturated heterocycles. The molecule has 0 aromatic heterocycles. The summed E-state index contributed by atoms with van der Waals surface area (Å²) in [5.41, 5.74) is 1.57. The third-order valence-electron chi connectivity index (χ3n) is 4.56. The molecule has 0 amide bonds. The quantitative estimate of drug-likeness (QED) is 0.385. The summed E-state index contributed by atoms with van der Waals surface area (Å²) in [6, 6.07) is 0. The van der Waals surface area contributed by atoms with E-state index in [1.54, 1.807) is 5.57 Å². The van der Waals surface area contributed by atoms with Crippen LogP contribution in [0.15, 0.2) is 11.6 Å². The first-order chi connectivity index (χ1) is 10.8. The number of rotatable bonds is 0. The standard InChI is InChI=1S/C20H36O2/c1-19-15-11-7-4-2-3-5-9-13-17-20(21)22-18-14-10-6-8-12-16-19/h16H,2-15,17-18H2,1H3/b19-16+. The molecule has 0 spiro atoms. The first-order valence-corrected chi connectivity index (χ1v) is 9.60. The van der Waals surface area contributed by atoms with E-state index >= 15 is 0 Å². The fourth-order valence-corrected chi connectivity index (χ4v) is 3.04. The number of hydrogen-bond donors (Lipinski definition) is 0. The van der Waals surface area contributed by atoms with Crippen LogP contribution in [0.2, 0.25) is 0 Å². The molecule has 0 unspecified atom stereocenters. The van der Waals surface area contributed by atoms with Crippen LogP contribution in [0.5, 0.6) is 0 Å². The molecule has 22 heavy (non-hydrogen) atoms. The second-order valence-corrected chi connectivity index (χ2v) is 6.80. The van der Waals surface area contributed by atoms with Crippen molar-refractivity contribution >= 4 is 5.97 Å². The lowest BCUT2D eigenvalue weighted by Crippen LogP contribution is -2.05. The van der Waals surface area contributed by atoms with Crippen molar-refractivity contribution in [2.75, 3.05) is 6.61 Å². The highest BCUT2D eigenvalue weighted by atomic mass is 16.5. The SMILES string of the molecule is C/C1=C\CCCCCCOC(=O)CCCCCCCCCC1. The second kappa shape index (κ2) is 13.8. The van der Waals surface area contributed by atoms with Crippen molar-refractivity contribution in [3.05, 3.63) is 11.6 Å². The van der Waals surface area contributed by atoms with E-state index in [1.165, 1.54) is 77.0 Å². The topological polar surface area (TPSA) is 26.3 Å². The van der Waals surface area contributed by atoms with Crippen LogP contribution in [0.1, 0.15) is 103 Å². The Morgan fingerprint density at radius 2 is 1.27 bits per heavy atom. The van der Waals surface area contributed by atoms with Gasteiger partial charge >= 0.3 is 5.97 Å². The van der Waals surface area contributed by atoms with Gasteiger partial charge in [0.2, 0.25) is 0 Å². The lowest BCUT2D eigenvalue weighted by Gasteiger charge is -2.06. The van der Waals surface area contributed by atoms with Crippen LogP contribution in [-0.2, 0) is 9.53 Å². The van der Waals surface area contributed by atoms with Crippen LogP contribution in [0.3, 0.4) is 0 Å². The van der Waals surface area contributed by atoms with E-state index in [1.807, 2.05) is 0 Å². The van der Waals surface area contributed by atoms with Gasteiger partial charge in [0.1, 0.15) is 0 Å². The molecule has 0 aliphatic carbocycles. The van der Waals surface area contributed by atoms with Gasteiger partial charge in [-0.3, -0.25) is 4.79 Å². The Balaban J connectivity index is 2.22. The van der Waals surface area contributed by atoms with Gasteiger partial charge in [0.15, 0.2) is 0 Å². The van der Waals surface area contributed by atoms with Gasteiger partial charge in [-0.1, -0.05) is 63.0 Å². The highest BCUT2D eigenvalue weighted by Crippen LogP contribution is 2.15. The molecule has 2 heteroatoms. The van der Waals surface area contributed by atoms with Crippen molar-refractivity contribution < 1.29 is 9.53 Å². The van der Waals surface area contributed by atoms with Crippen molar-refractivity contribution in [2.45, 2.75) is 103 Å². The number of esters is 1. The smallest absolute Gasteiger partial charge is 0.305 e. The summed E-state index contributed by atoms with van der Waals surface area (Å²) >= 11 is 0. The zero-order valence-electron chi connectivity index (χ0n) is 14.7. The molecule has 128 valence electrons. The molecule has 1 rings (SSSR count). The highest BCUT2D eigenvalue weighted by molar-refractivity contribution is 5.69. The molecular formula is C20H36O2. The maximum absolute atomic E-state index is 11.6. The van der Waals surface area contributed by atoms with E-state index in [2.05, 4.69) is 13.0 Å². The number of carbonyl (C=O) groups excluding carboxylic acids is 1. The fourth-order valence-electron chi connectivity index (χ4n) is 3.04. The van der Waals surface area contributed by atoms with Crippen LogP contribution in [0.4, 0.5) is 0 Å². The summed E-state index contributed by atoms with van der Waals surface area (Å²) < 4.78 is 5.29. The Bertz CT molecular complexity index is 307. The number of hydrogen-bond acceptors (Lipinski definition) is 2. The number of cyclic esters (lactones) is 1. The van der Waals surface area contributed by atoms with E-state index in [-0.39, 0.29) is 5.97 Å². The molecule has 1 aliphatic heterocycles. The minimum atomic E-state index is 0.00737. The molecule has 0 saturated carbocycles. The highest BCUT2D eigenvalue weighted by Gasteiger charge is 2.02. The minimum absolute atomic E-state index is 0.00737. The van der Waals surface area contributed by atoms with Crippen LogP contribution in [0, 0.1) is 0 Å². The molecule has 2 nitrogen and oxygen atoms in total. The Labute approximate surface area is 137 Å². The maximum Gasteiger partial charge on any atom is 0.305 e. The van der Waals surface area contributed by atoms with Gasteiger partial charge in [-0.05, 0) is 45.4 Å². The molecule has 0 fully saturated rings. The number of allylic oxidation sites excluding steroid dienone is 2. The third-order valence-corrected chi connectivity index (χ3v) is 4.56. The number of carbonyl (C=O) groups is 1. The first-order valence-electron chi connectivity index (χ1n) is 9.60. The molecule has 0 bridgehead atoms. The number of ether oxygens (including phenoxy) is 1. The van der Waals surface area contributed by atoms with Crippen LogP contribution in [0.25, 0.3) is 0 Å². The van der Waals surface area contributed by atoms with Crippen LogP contribution >= 0.6 is 0 Å². The van der Waals surface area contributed by atoms with Gasteiger partial charge in [0.05, 0.1) is 6.61 Å². The predicted molar refractivity (Wildman–Crippen MR) is 94.0 cm³/mol. The van der Waals surface area contributed by atoms with Gasteiger partial charge in [0.25, 0.3) is 0 Å². The summed E-state index contributed by atoms with van der Waals surface area (Å²) in [4.78, 5) is 11.6. The molecule has 0 N–H and O–H groups in total. The largest absolute Gasteiger partial charge is 0.466 e. The van der Waals surface area contributed by atoms with Crippen molar-refractivity contribution in [3.8, 4) is 0 Å². The lowest BCUT2D eigenvalue weighted by atomic mass is 10.0. The van der Waals surface area contributed by atoms with Crippen LogP contribution < -0.4 is 0 Å². The van der Waals surface area contributed by atoms with Gasteiger partial charge in [-0.25, -0.2) is 0 Å². The normalized spacial score (nSPS) is 24.8. The lowest BCUT2D eigenvalue weighted by molar-refractivity contribution is -0.143. The Morgan fingerprint density at radius 1 is 0.727 bits per heavy atom. The molecule has 0 atom stereocenters. The zero-order chi connectivity index (χ0) is 15.9. The Hall–Kier alpha value is -0.790. The second-order valence-electron chi connectivity index (χ2n) is 6.80. The van der Waals surface area contributed by atoms with Crippen molar-refractivity contribution in [1.82, 2.24) is 0 Å². The predicted octanol–water partition coefficient (Wildman–Crippen LogP) is 6.34. The minimum Gasteiger partial charge on any atom is -0.466 e. The van der Waals surface area contributed by atoms with Crippen LogP contribution in [-0.4, -0.2) is 12.6 Å². The third kappa shape index (κ3) is 11.8. The van der Waals surface area contributed by atoms with E-state index in [4.69, 9.17) is 4.74 Å². The van der Waals surface area contributed by atoms with Gasteiger partial charge in [-0.15, -0.1) is 0 Å². The fraction of sp³-hybridized carbons (Fsp3) is 0.850. The van der Waals surface area contributed by atoms with Gasteiger partial charge in [0, 0.05) is 6.42 Å². The van der Waals surface area contributed by atoms with E-state index in [0.717, 1.165) is 12.8 Å². The molecule has 0 radical (unpaired) electrons. The summed E-state index contributed by atoms with van der Waals surface area (Å²) in [5, 5.41) is 0. The van der Waals surface area contributed by atoms with E-state index in [0.29, 0.717) is 13.0 Å². The van der Waals surface area contributed by atoms with E-state index < -0.39 is 0 Å². The van der Waals surface area contributed by atoms with Gasteiger partial charge in [-0.2, -0.15) is 0 Å². The van der Waals surface area contributed by atoms with Crippen molar-refractivity contribution in [2.24, 2.45) is 0 Å². The molecule has 1 aliphatic rings. The molecular weight excluding hydrogens is 272 g/mol. The molecule has 0 aromatic rings. The summed E-state index contributed by atoms with van der Waals surface area (Å²) in [7, 11) is 0. The average molecular weight is 309 g/mol. The Morgan fingerprint density at radius 3 is 2.00 bits per heavy atom. The maximum atomic E-state index is 11.6. The molecule has 1 heterocycles. The average Bonchev–Trinajstić information content (AvgIpc) is 2.50. The van der Waals surface area contributed by atoms with E-state index in [9.17, 15) is 4.79 Å². The molecule has 0 aromatic carbocycles. The first kappa shape index (κ1) is 19.3. The summed E-state index contributed by atoms with van der Waals surface area (Å²) in [6.07, 6.45) is 20.5. The van der Waals surface area contributed by atoms with Gasteiger partial charge < -0.3 is 4.74 Å². The monoisotopic (exact) mass is 308 g/mol. The summed E-state index contributed by atoms with van der Waals surface area (Å²) in [6.45, 7) is 2.90. The Kier molecular flexibility index (Phi) is 12.1. The van der Waals surface area contributed by atoms with Crippen molar-refractivity contribution in [1.29, 1.82) is 0 Å². The van der Waals surface area contributed by atoms with Crippen molar-refractivity contribution in [3.63, 3.8) is 0 Å².